The first-order chi connectivity index (χ1) is 8.01. The minimum atomic E-state index is -2.81. The van der Waals surface area contributed by atoms with Gasteiger partial charge in [-0.15, -0.1) is 11.6 Å². The highest BCUT2D eigenvalue weighted by Crippen LogP contribution is 2.31. The van der Waals surface area contributed by atoms with Crippen LogP contribution in [0.25, 0.3) is 0 Å². The summed E-state index contributed by atoms with van der Waals surface area (Å²) < 4.78 is 30.1. The minimum absolute atomic E-state index is 0.0168. The average molecular weight is 265 g/mol. The van der Waals surface area contributed by atoms with Gasteiger partial charge in [-0.3, -0.25) is 9.78 Å². The van der Waals surface area contributed by atoms with Crippen molar-refractivity contribution in [2.75, 3.05) is 12.8 Å². The number of methoxy groups -OCH3 is 1. The fourth-order valence-electron chi connectivity index (χ4n) is 1.32. The lowest BCUT2D eigenvalue weighted by Gasteiger charge is -2.12. The molecular weight excluding hydrogens is 254 g/mol. The van der Waals surface area contributed by atoms with Crippen LogP contribution in [0.2, 0.25) is 0 Å². The van der Waals surface area contributed by atoms with Crippen LogP contribution in [0, 0.1) is 0 Å². The molecule has 17 heavy (non-hydrogen) atoms. The predicted molar refractivity (Wildman–Crippen MR) is 58.9 cm³/mol. The molecule has 0 spiro atoms. The number of pyridine rings is 1. The lowest BCUT2D eigenvalue weighted by molar-refractivity contribution is -0.139. The molecule has 0 unspecified atom stereocenters. The number of ether oxygens (including phenoxy) is 1. The van der Waals surface area contributed by atoms with Gasteiger partial charge in [0.2, 0.25) is 0 Å². The Balaban J connectivity index is 3.21. The molecule has 2 N–H and O–H groups in total. The van der Waals surface area contributed by atoms with Crippen LogP contribution >= 0.6 is 11.6 Å². The Labute approximate surface area is 102 Å². The van der Waals surface area contributed by atoms with Crippen molar-refractivity contribution in [2.45, 2.75) is 18.7 Å². The van der Waals surface area contributed by atoms with Gasteiger partial charge in [0.1, 0.15) is 0 Å². The van der Waals surface area contributed by atoms with Crippen LogP contribution in [-0.2, 0) is 21.8 Å². The number of rotatable bonds is 4. The lowest BCUT2D eigenvalue weighted by atomic mass is 10.1. The van der Waals surface area contributed by atoms with Crippen molar-refractivity contribution in [1.29, 1.82) is 0 Å². The van der Waals surface area contributed by atoms with Crippen LogP contribution in [0.3, 0.4) is 0 Å². The second-order valence-electron chi connectivity index (χ2n) is 3.24. The van der Waals surface area contributed by atoms with Crippen LogP contribution < -0.4 is 5.73 Å². The molecule has 0 aliphatic carbocycles. The van der Waals surface area contributed by atoms with Crippen molar-refractivity contribution in [2.24, 2.45) is 0 Å². The summed E-state index contributed by atoms with van der Waals surface area (Å²) in [5, 5.41) is 0. The topological polar surface area (TPSA) is 65.2 Å². The number of alkyl halides is 3. The first kappa shape index (κ1) is 13.6. The molecule has 94 valence electrons. The van der Waals surface area contributed by atoms with E-state index in [0.29, 0.717) is 5.56 Å². The first-order valence-corrected chi connectivity index (χ1v) is 5.21. The summed E-state index contributed by atoms with van der Waals surface area (Å²) in [6, 6.07) is 0. The SMILES string of the molecule is COC(=O)Cc1ncc(CCl)c(N)c1C(F)F. The van der Waals surface area contributed by atoms with Crippen molar-refractivity contribution in [3.05, 3.63) is 23.0 Å². The second kappa shape index (κ2) is 5.77. The third kappa shape index (κ3) is 3.03. The van der Waals surface area contributed by atoms with Gasteiger partial charge in [-0.1, -0.05) is 0 Å². The van der Waals surface area contributed by atoms with Crippen molar-refractivity contribution in [3.63, 3.8) is 0 Å². The quantitative estimate of drug-likeness (QED) is 0.668. The smallest absolute Gasteiger partial charge is 0.311 e. The molecule has 0 fully saturated rings. The Morgan fingerprint density at radius 2 is 2.29 bits per heavy atom. The van der Waals surface area contributed by atoms with Crippen molar-refractivity contribution in [1.82, 2.24) is 4.98 Å². The normalized spacial score (nSPS) is 10.6. The highest BCUT2D eigenvalue weighted by molar-refractivity contribution is 6.17. The molecule has 1 aromatic rings. The number of esters is 1. The highest BCUT2D eigenvalue weighted by Gasteiger charge is 2.22. The molecule has 0 atom stereocenters. The zero-order valence-corrected chi connectivity index (χ0v) is 9.80. The number of halogens is 3. The number of nitrogen functional groups attached to an aromatic ring is 1. The maximum Gasteiger partial charge on any atom is 0.311 e. The number of aromatic nitrogens is 1. The summed E-state index contributed by atoms with van der Waals surface area (Å²) in [4.78, 5) is 14.8. The first-order valence-electron chi connectivity index (χ1n) is 4.68. The number of hydrogen-bond donors (Lipinski definition) is 1. The third-order valence-electron chi connectivity index (χ3n) is 2.22. The van der Waals surface area contributed by atoms with Crippen LogP contribution in [0.4, 0.5) is 14.5 Å². The van der Waals surface area contributed by atoms with Crippen LogP contribution in [-0.4, -0.2) is 18.1 Å². The van der Waals surface area contributed by atoms with Crippen molar-refractivity contribution < 1.29 is 18.3 Å². The largest absolute Gasteiger partial charge is 0.469 e. The van der Waals surface area contributed by atoms with Crippen molar-refractivity contribution >= 4 is 23.3 Å². The van der Waals surface area contributed by atoms with E-state index in [9.17, 15) is 13.6 Å². The molecule has 0 bridgehead atoms. The van der Waals surface area contributed by atoms with E-state index in [1.54, 1.807) is 0 Å². The zero-order valence-electron chi connectivity index (χ0n) is 9.04. The molecule has 0 aliphatic rings. The number of anilines is 1. The van der Waals surface area contributed by atoms with E-state index in [1.807, 2.05) is 0 Å². The second-order valence-corrected chi connectivity index (χ2v) is 3.51. The monoisotopic (exact) mass is 264 g/mol. The molecule has 1 aromatic heterocycles. The molecule has 4 nitrogen and oxygen atoms in total. The van der Waals surface area contributed by atoms with E-state index in [1.165, 1.54) is 13.3 Å². The molecular formula is C10H11ClF2N2O2. The Kier molecular flexibility index (Phi) is 4.62. The van der Waals surface area contributed by atoms with Gasteiger partial charge in [-0.05, 0) is 0 Å². The summed E-state index contributed by atoms with van der Waals surface area (Å²) >= 11 is 5.54. The standard InChI is InChI=1S/C10H11ClF2N2O2/c1-17-7(16)2-6-8(10(12)13)9(14)5(3-11)4-15-6/h4,10H,2-3H2,1H3,(H2,14,15). The molecule has 0 saturated carbocycles. The van der Waals surface area contributed by atoms with Gasteiger partial charge in [0.05, 0.1) is 30.7 Å². The lowest BCUT2D eigenvalue weighted by Crippen LogP contribution is -2.12. The zero-order chi connectivity index (χ0) is 13.0. The minimum Gasteiger partial charge on any atom is -0.469 e. The number of nitrogens with two attached hydrogens (primary N) is 1. The number of carbonyl (C=O) groups is 1. The van der Waals surface area contributed by atoms with Gasteiger partial charge in [0.25, 0.3) is 6.43 Å². The third-order valence-corrected chi connectivity index (χ3v) is 2.51. The highest BCUT2D eigenvalue weighted by atomic mass is 35.5. The Bertz CT molecular complexity index is 427. The van der Waals surface area contributed by atoms with Crippen LogP contribution in [0.5, 0.6) is 0 Å². The molecule has 0 aromatic carbocycles. The van der Waals surface area contributed by atoms with Gasteiger partial charge in [0, 0.05) is 17.4 Å². The summed E-state index contributed by atoms with van der Waals surface area (Å²) in [6.45, 7) is 0. The molecule has 7 heteroatoms. The van der Waals surface area contributed by atoms with Gasteiger partial charge in [0.15, 0.2) is 0 Å². The van der Waals surface area contributed by atoms with Gasteiger partial charge in [-0.25, -0.2) is 8.78 Å². The predicted octanol–water partition coefficient (Wildman–Crippen LogP) is 2.06. The molecule has 0 aliphatic heterocycles. The van der Waals surface area contributed by atoms with E-state index in [0.717, 1.165) is 0 Å². The summed E-state index contributed by atoms with van der Waals surface area (Å²) in [6.07, 6.45) is -1.87. The van der Waals surface area contributed by atoms with E-state index in [-0.39, 0.29) is 23.7 Å². The fourth-order valence-corrected chi connectivity index (χ4v) is 1.54. The molecule has 1 rings (SSSR count). The maximum absolute atomic E-state index is 12.8. The van der Waals surface area contributed by atoms with Crippen LogP contribution in [0.15, 0.2) is 6.20 Å². The maximum atomic E-state index is 12.8. The number of carbonyl (C=O) groups excluding carboxylic acids is 1. The number of hydrogen-bond acceptors (Lipinski definition) is 4. The summed E-state index contributed by atoms with van der Waals surface area (Å²) in [5.74, 6) is -0.672. The molecule has 0 saturated heterocycles. The van der Waals surface area contributed by atoms with Crippen molar-refractivity contribution in [3.8, 4) is 0 Å². The van der Waals surface area contributed by atoms with E-state index in [2.05, 4.69) is 9.72 Å². The van der Waals surface area contributed by atoms with Crippen LogP contribution in [0.1, 0.15) is 23.2 Å². The van der Waals surface area contributed by atoms with E-state index < -0.39 is 18.0 Å². The molecule has 1 heterocycles. The number of nitrogens with zero attached hydrogens (tertiary/aromatic N) is 1. The summed E-state index contributed by atoms with van der Waals surface area (Å²) in [7, 11) is 1.17. The Morgan fingerprint density at radius 1 is 1.65 bits per heavy atom. The average Bonchev–Trinajstić information content (AvgIpc) is 2.28. The fraction of sp³-hybridized carbons (Fsp3) is 0.400. The van der Waals surface area contributed by atoms with Gasteiger partial charge >= 0.3 is 5.97 Å². The van der Waals surface area contributed by atoms with Gasteiger partial charge in [-0.2, -0.15) is 0 Å². The summed E-state index contributed by atoms with van der Waals surface area (Å²) in [5.41, 5.74) is 5.21. The molecule has 0 amide bonds. The van der Waals surface area contributed by atoms with E-state index >= 15 is 0 Å². The Hall–Kier alpha value is -1.43. The molecule has 0 radical (unpaired) electrons. The van der Waals surface area contributed by atoms with Gasteiger partial charge < -0.3 is 10.5 Å². The van der Waals surface area contributed by atoms with E-state index in [4.69, 9.17) is 17.3 Å². The Morgan fingerprint density at radius 3 is 2.76 bits per heavy atom.